The largest absolute Gasteiger partial charge is 0.397 e. The second kappa shape index (κ2) is 4.63. The van der Waals surface area contributed by atoms with Gasteiger partial charge in [-0.05, 0) is 31.7 Å². The molecule has 4 heteroatoms. The molecular weight excluding hydrogens is 266 g/mol. The summed E-state index contributed by atoms with van der Waals surface area (Å²) in [6, 6.07) is 4.19. The monoisotopic (exact) mass is 283 g/mol. The van der Waals surface area contributed by atoms with E-state index in [-0.39, 0.29) is 0 Å². The Labute approximate surface area is 105 Å². The number of piperazine rings is 1. The summed E-state index contributed by atoms with van der Waals surface area (Å²) in [5.41, 5.74) is 9.38. The maximum absolute atomic E-state index is 6.16. The van der Waals surface area contributed by atoms with Crippen LogP contribution in [-0.2, 0) is 0 Å². The molecule has 0 atom stereocenters. The maximum Gasteiger partial charge on any atom is 0.0604 e. The smallest absolute Gasteiger partial charge is 0.0604 e. The first-order valence-corrected chi connectivity index (χ1v) is 6.37. The Morgan fingerprint density at radius 3 is 2.44 bits per heavy atom. The van der Waals surface area contributed by atoms with Gasteiger partial charge in [0.15, 0.2) is 0 Å². The third-order valence-corrected chi connectivity index (χ3v) is 4.13. The summed E-state index contributed by atoms with van der Waals surface area (Å²) in [7, 11) is 2.16. The second-order valence-electron chi connectivity index (χ2n) is 4.40. The number of nitrogen functional groups attached to an aromatic ring is 1. The first kappa shape index (κ1) is 11.7. The van der Waals surface area contributed by atoms with Crippen LogP contribution < -0.4 is 10.6 Å². The van der Waals surface area contributed by atoms with E-state index < -0.39 is 0 Å². The molecule has 1 heterocycles. The van der Waals surface area contributed by atoms with Crippen LogP contribution >= 0.6 is 15.9 Å². The molecule has 0 unspecified atom stereocenters. The summed E-state index contributed by atoms with van der Waals surface area (Å²) >= 11 is 3.51. The van der Waals surface area contributed by atoms with Gasteiger partial charge in [0.1, 0.15) is 0 Å². The van der Waals surface area contributed by atoms with Crippen molar-refractivity contribution < 1.29 is 0 Å². The van der Waals surface area contributed by atoms with Crippen LogP contribution in [0, 0.1) is 6.92 Å². The summed E-state index contributed by atoms with van der Waals surface area (Å²) in [6.45, 7) is 6.38. The highest BCUT2D eigenvalue weighted by Gasteiger charge is 2.17. The van der Waals surface area contributed by atoms with Gasteiger partial charge in [-0.3, -0.25) is 0 Å². The molecule has 88 valence electrons. The fraction of sp³-hybridized carbons (Fsp3) is 0.500. The van der Waals surface area contributed by atoms with Gasteiger partial charge in [-0.25, -0.2) is 0 Å². The number of rotatable bonds is 1. The van der Waals surface area contributed by atoms with E-state index in [4.69, 9.17) is 5.73 Å². The standard InChI is InChI=1S/C12H18BrN3/c1-9-10(13)3-4-11(12(9)14)16-7-5-15(2)6-8-16/h3-4H,5-8,14H2,1-2H3. The molecule has 0 amide bonds. The molecule has 2 rings (SSSR count). The van der Waals surface area contributed by atoms with Crippen LogP contribution in [0.3, 0.4) is 0 Å². The molecular formula is C12H18BrN3. The van der Waals surface area contributed by atoms with E-state index in [2.05, 4.69) is 51.8 Å². The van der Waals surface area contributed by atoms with Gasteiger partial charge in [-0.1, -0.05) is 15.9 Å². The lowest BCUT2D eigenvalue weighted by molar-refractivity contribution is 0.313. The van der Waals surface area contributed by atoms with Crippen LogP contribution in [0.15, 0.2) is 16.6 Å². The van der Waals surface area contributed by atoms with Gasteiger partial charge in [-0.2, -0.15) is 0 Å². The van der Waals surface area contributed by atoms with Crippen molar-refractivity contribution in [3.05, 3.63) is 22.2 Å². The van der Waals surface area contributed by atoms with Gasteiger partial charge >= 0.3 is 0 Å². The number of hydrogen-bond acceptors (Lipinski definition) is 3. The van der Waals surface area contributed by atoms with Gasteiger partial charge in [0.25, 0.3) is 0 Å². The Morgan fingerprint density at radius 1 is 1.19 bits per heavy atom. The van der Waals surface area contributed by atoms with Gasteiger partial charge in [0, 0.05) is 30.7 Å². The number of anilines is 2. The van der Waals surface area contributed by atoms with Crippen LogP contribution in [0.4, 0.5) is 11.4 Å². The average molecular weight is 284 g/mol. The normalized spacial score (nSPS) is 17.8. The zero-order chi connectivity index (χ0) is 11.7. The van der Waals surface area contributed by atoms with Gasteiger partial charge in [0.2, 0.25) is 0 Å². The Balaban J connectivity index is 2.24. The van der Waals surface area contributed by atoms with E-state index in [1.54, 1.807) is 0 Å². The van der Waals surface area contributed by atoms with Crippen molar-refractivity contribution in [1.29, 1.82) is 0 Å². The van der Waals surface area contributed by atoms with Crippen LogP contribution in [0.25, 0.3) is 0 Å². The highest BCUT2D eigenvalue weighted by atomic mass is 79.9. The van der Waals surface area contributed by atoms with Crippen molar-refractivity contribution in [2.24, 2.45) is 0 Å². The van der Waals surface area contributed by atoms with E-state index in [1.807, 2.05) is 0 Å². The summed E-state index contributed by atoms with van der Waals surface area (Å²) in [5.74, 6) is 0. The Morgan fingerprint density at radius 2 is 1.81 bits per heavy atom. The lowest BCUT2D eigenvalue weighted by Crippen LogP contribution is -2.44. The average Bonchev–Trinajstić information content (AvgIpc) is 2.28. The quantitative estimate of drug-likeness (QED) is 0.802. The predicted molar refractivity (Wildman–Crippen MR) is 73.0 cm³/mol. The third-order valence-electron chi connectivity index (χ3n) is 3.27. The number of nitrogens with zero attached hydrogens (tertiary/aromatic N) is 2. The second-order valence-corrected chi connectivity index (χ2v) is 5.25. The number of hydrogen-bond donors (Lipinski definition) is 1. The van der Waals surface area contributed by atoms with E-state index in [0.29, 0.717) is 0 Å². The number of likely N-dealkylation sites (N-methyl/N-ethyl adjacent to an activating group) is 1. The predicted octanol–water partition coefficient (Wildman–Crippen LogP) is 2.09. The first-order valence-electron chi connectivity index (χ1n) is 5.57. The minimum absolute atomic E-state index is 0.902. The minimum atomic E-state index is 0.902. The molecule has 1 aliphatic rings. The molecule has 0 aliphatic carbocycles. The molecule has 1 fully saturated rings. The summed E-state index contributed by atoms with van der Waals surface area (Å²) in [4.78, 5) is 4.72. The lowest BCUT2D eigenvalue weighted by Gasteiger charge is -2.35. The van der Waals surface area contributed by atoms with Crippen molar-refractivity contribution in [2.45, 2.75) is 6.92 Å². The van der Waals surface area contributed by atoms with Crippen molar-refractivity contribution in [3.63, 3.8) is 0 Å². The Bertz CT molecular complexity index is 384. The third kappa shape index (κ3) is 2.18. The van der Waals surface area contributed by atoms with Crippen molar-refractivity contribution in [3.8, 4) is 0 Å². The fourth-order valence-corrected chi connectivity index (χ4v) is 2.36. The number of benzene rings is 1. The van der Waals surface area contributed by atoms with Crippen molar-refractivity contribution >= 4 is 27.3 Å². The lowest BCUT2D eigenvalue weighted by atomic mass is 10.1. The van der Waals surface area contributed by atoms with Crippen LogP contribution in [0.5, 0.6) is 0 Å². The molecule has 1 saturated heterocycles. The van der Waals surface area contributed by atoms with E-state index >= 15 is 0 Å². The topological polar surface area (TPSA) is 32.5 Å². The highest BCUT2D eigenvalue weighted by Crippen LogP contribution is 2.31. The highest BCUT2D eigenvalue weighted by molar-refractivity contribution is 9.10. The zero-order valence-electron chi connectivity index (χ0n) is 9.83. The number of halogens is 1. The Hall–Kier alpha value is -0.740. The summed E-state index contributed by atoms with van der Waals surface area (Å²) in [6.07, 6.45) is 0. The van der Waals surface area contributed by atoms with Gasteiger partial charge in [0.05, 0.1) is 11.4 Å². The molecule has 0 spiro atoms. The fourth-order valence-electron chi connectivity index (χ4n) is 2.01. The molecule has 0 saturated carbocycles. The molecule has 0 aromatic heterocycles. The Kier molecular flexibility index (Phi) is 3.40. The summed E-state index contributed by atoms with van der Waals surface area (Å²) in [5, 5.41) is 0. The molecule has 0 bridgehead atoms. The van der Waals surface area contributed by atoms with Gasteiger partial charge in [-0.15, -0.1) is 0 Å². The molecule has 16 heavy (non-hydrogen) atoms. The molecule has 1 aromatic rings. The molecule has 0 radical (unpaired) electrons. The van der Waals surface area contributed by atoms with E-state index in [0.717, 1.165) is 41.9 Å². The molecule has 1 aliphatic heterocycles. The van der Waals surface area contributed by atoms with Crippen LogP contribution in [-0.4, -0.2) is 38.1 Å². The van der Waals surface area contributed by atoms with Crippen LogP contribution in [0.2, 0.25) is 0 Å². The zero-order valence-corrected chi connectivity index (χ0v) is 11.4. The number of nitrogens with two attached hydrogens (primary N) is 1. The molecule has 2 N–H and O–H groups in total. The maximum atomic E-state index is 6.16. The first-order chi connectivity index (χ1) is 7.59. The van der Waals surface area contributed by atoms with Gasteiger partial charge < -0.3 is 15.5 Å². The molecule has 1 aromatic carbocycles. The van der Waals surface area contributed by atoms with Crippen LogP contribution in [0.1, 0.15) is 5.56 Å². The molecule has 3 nitrogen and oxygen atoms in total. The van der Waals surface area contributed by atoms with E-state index in [1.165, 1.54) is 5.69 Å². The van der Waals surface area contributed by atoms with E-state index in [9.17, 15) is 0 Å². The SMILES string of the molecule is Cc1c(Br)ccc(N2CCN(C)CC2)c1N. The van der Waals surface area contributed by atoms with Crippen molar-refractivity contribution in [2.75, 3.05) is 43.9 Å². The van der Waals surface area contributed by atoms with Crippen molar-refractivity contribution in [1.82, 2.24) is 4.90 Å². The minimum Gasteiger partial charge on any atom is -0.397 e. The summed E-state index contributed by atoms with van der Waals surface area (Å²) < 4.78 is 1.09.